The predicted molar refractivity (Wildman–Crippen MR) is 159 cm³/mol. The first-order chi connectivity index (χ1) is 20.3. The van der Waals surface area contributed by atoms with Gasteiger partial charge in [-0.1, -0.05) is 34.2 Å². The third-order valence-electron chi connectivity index (χ3n) is 6.92. The molecule has 0 saturated carbocycles. The van der Waals surface area contributed by atoms with E-state index in [4.69, 9.17) is 44.9 Å². The molecular formula is C29H30ClN3O8S. The monoisotopic (exact) mass is 615 g/mol. The summed E-state index contributed by atoms with van der Waals surface area (Å²) in [5, 5.41) is 8.12. The van der Waals surface area contributed by atoms with Crippen molar-refractivity contribution in [2.24, 2.45) is 5.16 Å². The number of nitrogens with zero attached hydrogens (tertiary/aromatic N) is 2. The number of thiazole rings is 1. The van der Waals surface area contributed by atoms with E-state index in [0.29, 0.717) is 45.1 Å². The summed E-state index contributed by atoms with van der Waals surface area (Å²) in [5.41, 5.74) is 2.98. The van der Waals surface area contributed by atoms with Crippen LogP contribution in [0.4, 0.5) is 5.13 Å². The average Bonchev–Trinajstić information content (AvgIpc) is 3.66. The third kappa shape index (κ3) is 5.94. The van der Waals surface area contributed by atoms with E-state index < -0.39 is 18.0 Å². The van der Waals surface area contributed by atoms with Gasteiger partial charge in [0.2, 0.25) is 11.5 Å². The van der Waals surface area contributed by atoms with Crippen LogP contribution in [0.25, 0.3) is 10.2 Å². The molecule has 11 nitrogen and oxygen atoms in total. The minimum Gasteiger partial charge on any atom is -0.493 e. The van der Waals surface area contributed by atoms with Gasteiger partial charge in [0.15, 0.2) is 22.7 Å². The van der Waals surface area contributed by atoms with Crippen LogP contribution in [0.2, 0.25) is 5.02 Å². The summed E-state index contributed by atoms with van der Waals surface area (Å²) < 4.78 is 34.7. The van der Waals surface area contributed by atoms with Gasteiger partial charge in [0.05, 0.1) is 37.3 Å². The normalized spacial score (nSPS) is 19.2. The summed E-state index contributed by atoms with van der Waals surface area (Å²) in [6.45, 7) is -0.272. The summed E-state index contributed by atoms with van der Waals surface area (Å²) in [6.07, 6.45) is 4.70. The van der Waals surface area contributed by atoms with Crippen molar-refractivity contribution in [2.45, 2.75) is 24.4 Å². The minimum atomic E-state index is -1.24. The van der Waals surface area contributed by atoms with Crippen molar-refractivity contribution in [1.82, 2.24) is 4.98 Å². The van der Waals surface area contributed by atoms with Gasteiger partial charge in [-0.05, 0) is 48.1 Å². The summed E-state index contributed by atoms with van der Waals surface area (Å²) in [6, 6.07) is 9.02. The molecule has 1 amide bonds. The maximum absolute atomic E-state index is 12.8. The second-order valence-corrected chi connectivity index (χ2v) is 10.8. The summed E-state index contributed by atoms with van der Waals surface area (Å²) >= 11 is 7.39. The molecule has 1 aliphatic heterocycles. The quantitative estimate of drug-likeness (QED) is 0.298. The van der Waals surface area contributed by atoms with Gasteiger partial charge in [-0.25, -0.2) is 4.98 Å². The lowest BCUT2D eigenvalue weighted by Gasteiger charge is -2.36. The molecule has 3 aromatic rings. The minimum absolute atomic E-state index is 0.272. The number of benzene rings is 2. The van der Waals surface area contributed by atoms with Crippen LogP contribution in [0.5, 0.6) is 17.2 Å². The molecule has 1 aliphatic carbocycles. The summed E-state index contributed by atoms with van der Waals surface area (Å²) in [5.74, 6) is -0.0991. The maximum atomic E-state index is 12.8. The van der Waals surface area contributed by atoms with Crippen molar-refractivity contribution >= 4 is 49.9 Å². The first kappa shape index (κ1) is 29.8. The van der Waals surface area contributed by atoms with Crippen molar-refractivity contribution in [3.8, 4) is 17.2 Å². The molecule has 1 N–H and O–H groups in total. The zero-order valence-electron chi connectivity index (χ0n) is 23.6. The molecule has 0 fully saturated rings. The number of oxime groups is 1. The number of hydrogen-bond acceptors (Lipinski definition) is 11. The number of carbonyl (C=O) groups excluding carboxylic acids is 1. The van der Waals surface area contributed by atoms with Crippen LogP contribution in [0.1, 0.15) is 12.0 Å². The van der Waals surface area contributed by atoms with E-state index in [0.717, 1.165) is 15.8 Å². The molecule has 222 valence electrons. The molecule has 2 atom stereocenters. The number of aromatic nitrogens is 1. The van der Waals surface area contributed by atoms with Crippen LogP contribution in [0, 0.1) is 0 Å². The number of nitrogens with one attached hydrogen (secondary N) is 1. The third-order valence-corrected chi connectivity index (χ3v) is 8.10. The highest BCUT2D eigenvalue weighted by Gasteiger charge is 2.41. The largest absolute Gasteiger partial charge is 0.493 e. The SMILES string of the molecule is COc1cc(C2=NOC(C3=CC(OCC(=O)Nc4nc5cc(Cl)ccc5s4)C(OC)(OC)C=C3)C2)cc(OC)c1OC. The molecule has 2 unspecified atom stereocenters. The van der Waals surface area contributed by atoms with Gasteiger partial charge in [-0.2, -0.15) is 0 Å². The van der Waals surface area contributed by atoms with E-state index in [1.807, 2.05) is 30.4 Å². The van der Waals surface area contributed by atoms with Crippen molar-refractivity contribution in [3.05, 3.63) is 64.7 Å². The van der Waals surface area contributed by atoms with Crippen LogP contribution in [0.15, 0.2) is 59.3 Å². The number of hydrogen-bond donors (Lipinski definition) is 1. The highest BCUT2D eigenvalue weighted by molar-refractivity contribution is 7.22. The fourth-order valence-corrected chi connectivity index (χ4v) is 5.76. The Morgan fingerprint density at radius 2 is 1.83 bits per heavy atom. The van der Waals surface area contributed by atoms with Crippen LogP contribution in [-0.2, 0) is 23.8 Å². The number of fused-ring (bicyclic) bond motifs is 1. The Labute approximate surface area is 251 Å². The number of anilines is 1. The predicted octanol–water partition coefficient (Wildman–Crippen LogP) is 4.98. The van der Waals surface area contributed by atoms with Gasteiger partial charge in [-0.3, -0.25) is 10.1 Å². The number of ether oxygens (including phenoxy) is 6. The van der Waals surface area contributed by atoms with Gasteiger partial charge in [0, 0.05) is 31.2 Å². The van der Waals surface area contributed by atoms with E-state index in [1.165, 1.54) is 25.6 Å². The topological polar surface area (TPSA) is 119 Å². The van der Waals surface area contributed by atoms with Gasteiger partial charge < -0.3 is 33.3 Å². The van der Waals surface area contributed by atoms with Crippen LogP contribution in [0.3, 0.4) is 0 Å². The lowest BCUT2D eigenvalue weighted by atomic mass is 9.92. The Bertz CT molecular complexity index is 1540. The standard InChI is InChI=1S/C29H30ClN3O8S/c1-35-22-10-17(11-23(36-2)27(22)37-3)19-14-21(41-33-19)16-8-9-29(38-4,39-5)25(12-16)40-15-26(34)32-28-31-20-13-18(30)6-7-24(20)42-28/h6-13,21,25H,14-15H2,1-5H3,(H,31,32,34). The first-order valence-corrected chi connectivity index (χ1v) is 14.0. The van der Waals surface area contributed by atoms with Gasteiger partial charge in [-0.15, -0.1) is 0 Å². The van der Waals surface area contributed by atoms with Gasteiger partial charge in [0.1, 0.15) is 12.7 Å². The molecule has 5 rings (SSSR count). The molecule has 0 spiro atoms. The van der Waals surface area contributed by atoms with E-state index >= 15 is 0 Å². The molecule has 13 heteroatoms. The van der Waals surface area contributed by atoms with E-state index in [-0.39, 0.29) is 12.5 Å². The van der Waals surface area contributed by atoms with Crippen molar-refractivity contribution in [3.63, 3.8) is 0 Å². The zero-order valence-corrected chi connectivity index (χ0v) is 25.2. The number of carbonyl (C=O) groups is 1. The van der Waals surface area contributed by atoms with Crippen LogP contribution in [-0.4, -0.2) is 76.8 Å². The number of methoxy groups -OCH3 is 5. The summed E-state index contributed by atoms with van der Waals surface area (Å²) in [4.78, 5) is 23.0. The molecule has 42 heavy (non-hydrogen) atoms. The fraction of sp³-hybridized carbons (Fsp3) is 0.345. The molecular weight excluding hydrogens is 586 g/mol. The first-order valence-electron chi connectivity index (χ1n) is 12.8. The van der Waals surface area contributed by atoms with Gasteiger partial charge >= 0.3 is 0 Å². The maximum Gasteiger partial charge on any atom is 0.252 e. The van der Waals surface area contributed by atoms with Gasteiger partial charge in [0.25, 0.3) is 5.91 Å². The smallest absolute Gasteiger partial charge is 0.252 e. The zero-order chi connectivity index (χ0) is 29.9. The van der Waals surface area contributed by atoms with E-state index in [1.54, 1.807) is 39.5 Å². The number of halogens is 1. The second kappa shape index (κ2) is 12.7. The highest BCUT2D eigenvalue weighted by atomic mass is 35.5. The molecule has 2 heterocycles. The molecule has 1 aromatic heterocycles. The van der Waals surface area contributed by atoms with Crippen LogP contribution < -0.4 is 19.5 Å². The van der Waals surface area contributed by atoms with Crippen LogP contribution >= 0.6 is 22.9 Å². The van der Waals surface area contributed by atoms with E-state index in [9.17, 15) is 4.79 Å². The van der Waals surface area contributed by atoms with Crippen molar-refractivity contribution in [2.75, 3.05) is 47.5 Å². The molecule has 0 saturated heterocycles. The Kier molecular flexibility index (Phi) is 8.99. The Balaban J connectivity index is 1.29. The fourth-order valence-electron chi connectivity index (χ4n) is 4.73. The molecule has 0 bridgehead atoms. The number of amides is 1. The van der Waals surface area contributed by atoms with Crippen molar-refractivity contribution in [1.29, 1.82) is 0 Å². The summed E-state index contributed by atoms with van der Waals surface area (Å²) in [7, 11) is 7.68. The lowest BCUT2D eigenvalue weighted by Crippen LogP contribution is -2.47. The highest BCUT2D eigenvalue weighted by Crippen LogP contribution is 2.40. The van der Waals surface area contributed by atoms with E-state index in [2.05, 4.69) is 15.5 Å². The second-order valence-electron chi connectivity index (χ2n) is 9.29. The number of rotatable bonds is 11. The Hall–Kier alpha value is -3.68. The lowest BCUT2D eigenvalue weighted by molar-refractivity contribution is -0.225. The Morgan fingerprint density at radius 1 is 1.10 bits per heavy atom. The molecule has 2 aliphatic rings. The van der Waals surface area contributed by atoms with Crippen molar-refractivity contribution < 1.29 is 38.1 Å². The average molecular weight is 616 g/mol. The molecule has 0 radical (unpaired) electrons. The Morgan fingerprint density at radius 3 is 2.50 bits per heavy atom. The molecule has 2 aromatic carbocycles.